The van der Waals surface area contributed by atoms with Crippen LogP contribution in [0.2, 0.25) is 0 Å². The normalized spacial score (nSPS) is 22.0. The predicted octanol–water partition coefficient (Wildman–Crippen LogP) is 2.11. The van der Waals surface area contributed by atoms with Crippen LogP contribution in [0.25, 0.3) is 0 Å². The first-order chi connectivity index (χ1) is 11.3. The summed E-state index contributed by atoms with van der Waals surface area (Å²) >= 11 is 2.08. The molecule has 2 heterocycles. The maximum Gasteiger partial charge on any atom is 0.191 e. The average Bonchev–Trinajstić information content (AvgIpc) is 3.11. The molecule has 1 aromatic carbocycles. The van der Waals surface area contributed by atoms with E-state index in [4.69, 9.17) is 0 Å². The predicted molar refractivity (Wildman–Crippen MR) is 100 cm³/mol. The number of thioether (sulfide) groups is 1. The van der Waals surface area contributed by atoms with Crippen LogP contribution in [0.15, 0.2) is 29.3 Å². The molecule has 126 valence electrons. The number of aliphatic imine (C=N–C) groups is 1. The Labute approximate surface area is 144 Å². The summed E-state index contributed by atoms with van der Waals surface area (Å²) in [6.45, 7) is 5.26. The van der Waals surface area contributed by atoms with Crippen LogP contribution in [-0.2, 0) is 13.0 Å². The van der Waals surface area contributed by atoms with Crippen LogP contribution in [0.5, 0.6) is 0 Å². The second kappa shape index (κ2) is 8.60. The molecule has 2 N–H and O–H groups in total. The van der Waals surface area contributed by atoms with E-state index >= 15 is 0 Å². The van der Waals surface area contributed by atoms with E-state index in [0.29, 0.717) is 0 Å². The van der Waals surface area contributed by atoms with Gasteiger partial charge in [-0.25, -0.2) is 0 Å². The molecule has 0 aromatic heterocycles. The zero-order valence-corrected chi connectivity index (χ0v) is 14.9. The third kappa shape index (κ3) is 4.88. The van der Waals surface area contributed by atoms with Gasteiger partial charge in [-0.3, -0.25) is 9.89 Å². The first kappa shape index (κ1) is 16.7. The Bertz CT molecular complexity index is 526. The lowest BCUT2D eigenvalue weighted by atomic mass is 10.00. The van der Waals surface area contributed by atoms with Crippen molar-refractivity contribution in [2.45, 2.75) is 31.1 Å². The van der Waals surface area contributed by atoms with Crippen molar-refractivity contribution in [2.24, 2.45) is 4.99 Å². The van der Waals surface area contributed by atoms with Crippen molar-refractivity contribution in [3.8, 4) is 0 Å². The van der Waals surface area contributed by atoms with Crippen LogP contribution in [0.4, 0.5) is 0 Å². The largest absolute Gasteiger partial charge is 0.355 e. The SMILES string of the molecule is CN=C(NCCN1CCc2ccccc2C1)NCC1CCCS1. The van der Waals surface area contributed by atoms with Gasteiger partial charge in [-0.2, -0.15) is 11.8 Å². The van der Waals surface area contributed by atoms with Crippen LogP contribution in [-0.4, -0.2) is 55.1 Å². The molecule has 1 unspecified atom stereocenters. The number of benzene rings is 1. The van der Waals surface area contributed by atoms with Crippen molar-refractivity contribution in [3.63, 3.8) is 0 Å². The van der Waals surface area contributed by atoms with Gasteiger partial charge >= 0.3 is 0 Å². The molecule has 23 heavy (non-hydrogen) atoms. The average molecular weight is 333 g/mol. The van der Waals surface area contributed by atoms with Crippen molar-refractivity contribution >= 4 is 17.7 Å². The standard InChI is InChI=1S/C18H28N4S/c1-19-18(21-13-17-7-4-12-23-17)20-9-11-22-10-8-15-5-2-3-6-16(15)14-22/h2-3,5-6,17H,4,7-14H2,1H3,(H2,19,20,21). The van der Waals surface area contributed by atoms with Crippen LogP contribution < -0.4 is 10.6 Å². The summed E-state index contributed by atoms with van der Waals surface area (Å²) in [6.07, 6.45) is 3.86. The first-order valence-electron chi connectivity index (χ1n) is 8.70. The third-order valence-electron chi connectivity index (χ3n) is 4.67. The molecule has 1 atom stereocenters. The van der Waals surface area contributed by atoms with Crippen LogP contribution in [0.3, 0.4) is 0 Å². The van der Waals surface area contributed by atoms with Crippen LogP contribution >= 0.6 is 11.8 Å². The van der Waals surface area contributed by atoms with Crippen LogP contribution in [0.1, 0.15) is 24.0 Å². The summed E-state index contributed by atoms with van der Waals surface area (Å²) in [5.74, 6) is 2.25. The molecule has 3 rings (SSSR count). The Morgan fingerprint density at radius 1 is 1.30 bits per heavy atom. The Balaban J connectivity index is 1.37. The summed E-state index contributed by atoms with van der Waals surface area (Å²) in [7, 11) is 1.86. The maximum atomic E-state index is 4.33. The maximum absolute atomic E-state index is 4.33. The van der Waals surface area contributed by atoms with E-state index in [1.807, 2.05) is 7.05 Å². The third-order valence-corrected chi connectivity index (χ3v) is 6.07. The lowest BCUT2D eigenvalue weighted by molar-refractivity contribution is 0.258. The Morgan fingerprint density at radius 2 is 2.17 bits per heavy atom. The summed E-state index contributed by atoms with van der Waals surface area (Å²) < 4.78 is 0. The number of rotatable bonds is 5. The van der Waals surface area contributed by atoms with Crippen molar-refractivity contribution in [3.05, 3.63) is 35.4 Å². The molecule has 0 amide bonds. The van der Waals surface area contributed by atoms with Gasteiger partial charge in [0.05, 0.1) is 0 Å². The number of nitrogens with zero attached hydrogens (tertiary/aromatic N) is 2. The van der Waals surface area contributed by atoms with E-state index in [-0.39, 0.29) is 0 Å². The number of hydrogen-bond donors (Lipinski definition) is 2. The zero-order chi connectivity index (χ0) is 15.9. The molecule has 0 aliphatic carbocycles. The van der Waals surface area contributed by atoms with Gasteiger partial charge in [0.25, 0.3) is 0 Å². The Hall–Kier alpha value is -1.20. The molecule has 1 aromatic rings. The highest BCUT2D eigenvalue weighted by Gasteiger charge is 2.16. The first-order valence-corrected chi connectivity index (χ1v) is 9.75. The van der Waals surface area contributed by atoms with Crippen molar-refractivity contribution in [1.29, 1.82) is 0 Å². The fraction of sp³-hybridized carbons (Fsp3) is 0.611. The Kier molecular flexibility index (Phi) is 6.22. The molecule has 0 bridgehead atoms. The minimum absolute atomic E-state index is 0.757. The van der Waals surface area contributed by atoms with Gasteiger partial charge < -0.3 is 10.6 Å². The van der Waals surface area contributed by atoms with Gasteiger partial charge in [-0.05, 0) is 36.1 Å². The molecule has 0 saturated carbocycles. The van der Waals surface area contributed by atoms with E-state index in [2.05, 4.69) is 56.6 Å². The quantitative estimate of drug-likeness (QED) is 0.640. The van der Waals surface area contributed by atoms with Gasteiger partial charge in [-0.1, -0.05) is 24.3 Å². The van der Waals surface area contributed by atoms with E-state index in [1.54, 1.807) is 0 Å². The topological polar surface area (TPSA) is 39.7 Å². The molecule has 5 heteroatoms. The second-order valence-electron chi connectivity index (χ2n) is 6.31. The zero-order valence-electron chi connectivity index (χ0n) is 14.1. The van der Waals surface area contributed by atoms with Gasteiger partial charge in [0, 0.05) is 45.0 Å². The number of fused-ring (bicyclic) bond motifs is 1. The molecular weight excluding hydrogens is 304 g/mol. The lowest BCUT2D eigenvalue weighted by Gasteiger charge is -2.29. The fourth-order valence-corrected chi connectivity index (χ4v) is 4.52. The molecule has 0 radical (unpaired) electrons. The van der Waals surface area contributed by atoms with E-state index < -0.39 is 0 Å². The monoisotopic (exact) mass is 332 g/mol. The highest BCUT2D eigenvalue weighted by molar-refractivity contribution is 8.00. The van der Waals surface area contributed by atoms with Gasteiger partial charge in [0.2, 0.25) is 0 Å². The number of nitrogens with one attached hydrogen (secondary N) is 2. The minimum atomic E-state index is 0.757. The van der Waals surface area contributed by atoms with Gasteiger partial charge in [0.1, 0.15) is 0 Å². The summed E-state index contributed by atoms with van der Waals surface area (Å²) in [4.78, 5) is 6.86. The summed E-state index contributed by atoms with van der Waals surface area (Å²) in [5.41, 5.74) is 3.00. The highest BCUT2D eigenvalue weighted by Crippen LogP contribution is 2.25. The lowest BCUT2D eigenvalue weighted by Crippen LogP contribution is -2.44. The summed E-state index contributed by atoms with van der Waals surface area (Å²) in [5, 5.41) is 7.67. The van der Waals surface area contributed by atoms with Crippen molar-refractivity contribution in [1.82, 2.24) is 15.5 Å². The fourth-order valence-electron chi connectivity index (χ4n) is 3.31. The van der Waals surface area contributed by atoms with E-state index in [9.17, 15) is 0 Å². The molecule has 1 saturated heterocycles. The molecule has 2 aliphatic rings. The molecule has 2 aliphatic heterocycles. The van der Waals surface area contributed by atoms with E-state index in [0.717, 1.165) is 43.9 Å². The Morgan fingerprint density at radius 3 is 2.96 bits per heavy atom. The molecule has 1 fully saturated rings. The molecule has 0 spiro atoms. The van der Waals surface area contributed by atoms with Crippen molar-refractivity contribution in [2.75, 3.05) is 39.0 Å². The molecule has 4 nitrogen and oxygen atoms in total. The van der Waals surface area contributed by atoms with Gasteiger partial charge in [0.15, 0.2) is 5.96 Å². The van der Waals surface area contributed by atoms with Crippen LogP contribution in [0, 0.1) is 0 Å². The molecular formula is C18H28N4S. The van der Waals surface area contributed by atoms with Gasteiger partial charge in [-0.15, -0.1) is 0 Å². The second-order valence-corrected chi connectivity index (χ2v) is 7.72. The smallest absolute Gasteiger partial charge is 0.191 e. The summed E-state index contributed by atoms with van der Waals surface area (Å²) in [6, 6.07) is 8.81. The number of hydrogen-bond acceptors (Lipinski definition) is 3. The minimum Gasteiger partial charge on any atom is -0.355 e. The highest BCUT2D eigenvalue weighted by atomic mass is 32.2. The van der Waals surface area contributed by atoms with Crippen molar-refractivity contribution < 1.29 is 0 Å². The number of guanidine groups is 1. The van der Waals surface area contributed by atoms with E-state index in [1.165, 1.54) is 36.1 Å².